The van der Waals surface area contributed by atoms with Gasteiger partial charge in [-0.15, -0.1) is 0 Å². The summed E-state index contributed by atoms with van der Waals surface area (Å²) in [7, 11) is 0. The number of imidazole rings is 1. The van der Waals surface area contributed by atoms with Crippen LogP contribution >= 0.6 is 0 Å². The van der Waals surface area contributed by atoms with Gasteiger partial charge in [0.1, 0.15) is 5.82 Å². The van der Waals surface area contributed by atoms with Crippen LogP contribution in [0.1, 0.15) is 24.0 Å². The summed E-state index contributed by atoms with van der Waals surface area (Å²) in [6.45, 7) is 1.08. The van der Waals surface area contributed by atoms with Crippen LogP contribution in [0.2, 0.25) is 0 Å². The van der Waals surface area contributed by atoms with Gasteiger partial charge < -0.3 is 5.73 Å². The molecule has 0 aliphatic carbocycles. The molecule has 5 nitrogen and oxygen atoms in total. The van der Waals surface area contributed by atoms with Crippen LogP contribution in [-0.4, -0.2) is 14.1 Å². The minimum absolute atomic E-state index is 0.162. The van der Waals surface area contributed by atoms with Crippen LogP contribution in [0.15, 0.2) is 17.1 Å². The van der Waals surface area contributed by atoms with E-state index in [0.717, 1.165) is 4.57 Å². The molecule has 0 fully saturated rings. The number of fused-ring (bicyclic) bond motifs is 1. The molecule has 5 heteroatoms. The summed E-state index contributed by atoms with van der Waals surface area (Å²) in [5.74, 6) is 0.250. The highest BCUT2D eigenvalue weighted by Gasteiger charge is 2.13. The first kappa shape index (κ1) is 6.66. The van der Waals surface area contributed by atoms with Gasteiger partial charge in [-0.25, -0.2) is 9.78 Å². The third-order valence-corrected chi connectivity index (χ3v) is 2.30. The monoisotopic (exact) mass is 209 g/mol. The molecule has 2 aromatic heterocycles. The van der Waals surface area contributed by atoms with Gasteiger partial charge in [0.05, 0.1) is 17.2 Å². The molecule has 2 N–H and O–H groups in total. The molecule has 0 saturated carbocycles. The number of nitrogens with two attached hydrogens (primary N) is 1. The fourth-order valence-corrected chi connectivity index (χ4v) is 1.63. The van der Waals surface area contributed by atoms with Crippen molar-refractivity contribution < 1.29 is 4.11 Å². The Morgan fingerprint density at radius 3 is 2.87 bits per heavy atom. The van der Waals surface area contributed by atoms with Crippen LogP contribution in [0.25, 0.3) is 11.0 Å². The number of aromatic nitrogens is 3. The van der Waals surface area contributed by atoms with Crippen LogP contribution in [0.5, 0.6) is 0 Å². The lowest BCUT2D eigenvalue weighted by atomic mass is 10.3. The SMILES string of the molecule is [2H]C([2H])([2H])n1c(=O)n(C(C)C)c2cc(N)ncc21. The van der Waals surface area contributed by atoms with E-state index < -0.39 is 12.7 Å². The molecule has 0 aromatic carbocycles. The Balaban J connectivity index is 2.97. The van der Waals surface area contributed by atoms with Crippen molar-refractivity contribution in [3.63, 3.8) is 0 Å². The van der Waals surface area contributed by atoms with E-state index in [1.807, 2.05) is 0 Å². The first-order valence-corrected chi connectivity index (χ1v) is 4.62. The topological polar surface area (TPSA) is 65.8 Å². The summed E-state index contributed by atoms with van der Waals surface area (Å²) >= 11 is 0. The maximum absolute atomic E-state index is 12.2. The number of aryl methyl sites for hydroxylation is 1. The zero-order valence-electron chi connectivity index (χ0n) is 11.6. The van der Waals surface area contributed by atoms with E-state index >= 15 is 0 Å². The molecule has 2 aromatic rings. The third kappa shape index (κ3) is 1.31. The molecule has 0 spiro atoms. The van der Waals surface area contributed by atoms with Gasteiger partial charge in [-0.1, -0.05) is 0 Å². The van der Waals surface area contributed by atoms with E-state index in [1.165, 1.54) is 16.8 Å². The quantitative estimate of drug-likeness (QED) is 0.758. The van der Waals surface area contributed by atoms with Crippen LogP contribution in [-0.2, 0) is 6.98 Å². The highest BCUT2D eigenvalue weighted by Crippen LogP contribution is 2.16. The van der Waals surface area contributed by atoms with E-state index in [2.05, 4.69) is 4.98 Å². The molecule has 0 amide bonds. The van der Waals surface area contributed by atoms with Gasteiger partial charge in [0, 0.05) is 23.2 Å². The standard InChI is InChI=1S/C10H14N4O/c1-6(2)14-7-4-9(11)12-5-8(7)13(3)10(14)15/h4-6H,1-3H3,(H2,11,12)/i3D3. The van der Waals surface area contributed by atoms with E-state index in [-0.39, 0.29) is 17.4 Å². The fraction of sp³-hybridized carbons (Fsp3) is 0.400. The zero-order chi connectivity index (χ0) is 13.7. The molecule has 0 bridgehead atoms. The molecular formula is C10H14N4O. The first-order valence-electron chi connectivity index (χ1n) is 6.12. The molecule has 2 heterocycles. The predicted octanol–water partition coefficient (Wildman–Crippen LogP) is 0.898. The predicted molar refractivity (Wildman–Crippen MR) is 59.8 cm³/mol. The average Bonchev–Trinajstić information content (AvgIpc) is 2.48. The largest absolute Gasteiger partial charge is 0.384 e. The fourth-order valence-electron chi connectivity index (χ4n) is 1.63. The lowest BCUT2D eigenvalue weighted by Crippen LogP contribution is -2.23. The van der Waals surface area contributed by atoms with Gasteiger partial charge in [-0.3, -0.25) is 9.13 Å². The number of hydrogen-bond donors (Lipinski definition) is 1. The Labute approximate surface area is 91.4 Å². The molecular weight excluding hydrogens is 192 g/mol. The lowest BCUT2D eigenvalue weighted by molar-refractivity contribution is 0.583. The van der Waals surface area contributed by atoms with Gasteiger partial charge in [0.2, 0.25) is 0 Å². The van der Waals surface area contributed by atoms with Crippen molar-refractivity contribution in [2.75, 3.05) is 5.73 Å². The molecule has 0 saturated heterocycles. The minimum Gasteiger partial charge on any atom is -0.384 e. The molecule has 80 valence electrons. The molecule has 15 heavy (non-hydrogen) atoms. The Bertz CT molecular complexity index is 653. The summed E-state index contributed by atoms with van der Waals surface area (Å²) in [4.78, 5) is 16.0. The van der Waals surface area contributed by atoms with Gasteiger partial charge in [0.15, 0.2) is 0 Å². The van der Waals surface area contributed by atoms with Gasteiger partial charge >= 0.3 is 5.69 Å². The van der Waals surface area contributed by atoms with Crippen molar-refractivity contribution in [1.29, 1.82) is 0 Å². The Morgan fingerprint density at radius 1 is 1.53 bits per heavy atom. The van der Waals surface area contributed by atoms with Gasteiger partial charge in [-0.2, -0.15) is 0 Å². The molecule has 0 aliphatic heterocycles. The normalized spacial score (nSPS) is 15.3. The highest BCUT2D eigenvalue weighted by molar-refractivity contribution is 5.77. The smallest absolute Gasteiger partial charge is 0.329 e. The number of nitrogens with zero attached hydrogens (tertiary/aromatic N) is 3. The van der Waals surface area contributed by atoms with E-state index in [1.54, 1.807) is 13.8 Å². The van der Waals surface area contributed by atoms with Crippen LogP contribution in [0, 0.1) is 0 Å². The Morgan fingerprint density at radius 2 is 2.27 bits per heavy atom. The van der Waals surface area contributed by atoms with Crippen LogP contribution < -0.4 is 11.4 Å². The van der Waals surface area contributed by atoms with Gasteiger partial charge in [0.25, 0.3) is 0 Å². The van der Waals surface area contributed by atoms with Crippen LogP contribution in [0.3, 0.4) is 0 Å². The lowest BCUT2D eigenvalue weighted by Gasteiger charge is -2.06. The number of anilines is 1. The van der Waals surface area contributed by atoms with Crippen molar-refractivity contribution in [2.24, 2.45) is 6.98 Å². The molecule has 0 aliphatic rings. The number of rotatable bonds is 1. The second kappa shape index (κ2) is 3.12. The average molecular weight is 209 g/mol. The first-order chi connectivity index (χ1) is 8.23. The Kier molecular flexibility index (Phi) is 1.38. The van der Waals surface area contributed by atoms with Crippen LogP contribution in [0.4, 0.5) is 5.82 Å². The minimum atomic E-state index is -2.53. The van der Waals surface area contributed by atoms with Crippen molar-refractivity contribution in [2.45, 2.75) is 19.9 Å². The van der Waals surface area contributed by atoms with Crippen molar-refractivity contribution in [1.82, 2.24) is 14.1 Å². The maximum atomic E-state index is 12.2. The second-order valence-corrected chi connectivity index (χ2v) is 3.68. The second-order valence-electron chi connectivity index (χ2n) is 3.68. The molecule has 2 rings (SSSR count). The molecule has 0 atom stereocenters. The summed E-state index contributed by atoms with van der Waals surface area (Å²) in [6.07, 6.45) is 1.32. The number of nitrogen functional groups attached to an aromatic ring is 1. The summed E-state index contributed by atoms with van der Waals surface area (Å²) < 4.78 is 24.5. The van der Waals surface area contributed by atoms with Crippen molar-refractivity contribution >= 4 is 16.9 Å². The summed E-state index contributed by atoms with van der Waals surface area (Å²) in [5.41, 5.74) is 5.76. The Hall–Kier alpha value is -1.78. The third-order valence-electron chi connectivity index (χ3n) is 2.30. The van der Waals surface area contributed by atoms with E-state index in [0.29, 0.717) is 5.52 Å². The summed E-state index contributed by atoms with van der Waals surface area (Å²) in [6, 6.07) is 1.35. The number of pyridine rings is 1. The molecule has 0 unspecified atom stereocenters. The van der Waals surface area contributed by atoms with E-state index in [4.69, 9.17) is 9.85 Å². The molecule has 0 radical (unpaired) electrons. The summed E-state index contributed by atoms with van der Waals surface area (Å²) in [5, 5.41) is 0. The van der Waals surface area contributed by atoms with Gasteiger partial charge in [-0.05, 0) is 13.8 Å². The maximum Gasteiger partial charge on any atom is 0.329 e. The van der Waals surface area contributed by atoms with E-state index in [9.17, 15) is 4.79 Å². The van der Waals surface area contributed by atoms with Crippen molar-refractivity contribution in [3.05, 3.63) is 22.7 Å². The number of hydrogen-bond acceptors (Lipinski definition) is 3. The zero-order valence-corrected chi connectivity index (χ0v) is 8.56. The van der Waals surface area contributed by atoms with Crippen molar-refractivity contribution in [3.8, 4) is 0 Å². The highest BCUT2D eigenvalue weighted by atomic mass is 16.1.